The Kier molecular flexibility index (Phi) is 5.57. The fourth-order valence-electron chi connectivity index (χ4n) is 2.50. The number of ether oxygens (including phenoxy) is 2. The molecule has 0 N–H and O–H groups in total. The third-order valence-corrected chi connectivity index (χ3v) is 3.57. The third kappa shape index (κ3) is 4.47. The largest absolute Gasteiger partial charge is 0.444 e. The third-order valence-electron chi connectivity index (χ3n) is 3.57. The molecule has 116 valence electrons. The van der Waals surface area contributed by atoms with Gasteiger partial charge in [0, 0.05) is 25.6 Å². The molecule has 1 saturated heterocycles. The zero-order chi connectivity index (χ0) is 15.4. The van der Waals surface area contributed by atoms with Crippen molar-refractivity contribution in [1.82, 2.24) is 4.90 Å². The van der Waals surface area contributed by atoms with Gasteiger partial charge in [-0.2, -0.15) is 0 Å². The Morgan fingerprint density at radius 1 is 1.35 bits per heavy atom. The van der Waals surface area contributed by atoms with Crippen LogP contribution in [-0.2, 0) is 14.3 Å². The van der Waals surface area contributed by atoms with Gasteiger partial charge in [-0.05, 0) is 47.5 Å². The van der Waals surface area contributed by atoms with Crippen molar-refractivity contribution in [2.45, 2.75) is 58.7 Å². The van der Waals surface area contributed by atoms with E-state index in [4.69, 9.17) is 9.47 Å². The second-order valence-corrected chi connectivity index (χ2v) is 6.50. The van der Waals surface area contributed by atoms with E-state index in [0.717, 1.165) is 19.1 Å². The Balaban J connectivity index is 2.71. The highest BCUT2D eigenvalue weighted by molar-refractivity contribution is 5.69. The average Bonchev–Trinajstić information content (AvgIpc) is 2.37. The van der Waals surface area contributed by atoms with E-state index in [9.17, 15) is 9.59 Å². The molecule has 1 fully saturated rings. The van der Waals surface area contributed by atoms with Crippen LogP contribution in [0.25, 0.3) is 0 Å². The zero-order valence-corrected chi connectivity index (χ0v) is 13.3. The van der Waals surface area contributed by atoms with Crippen molar-refractivity contribution in [2.24, 2.45) is 5.92 Å². The van der Waals surface area contributed by atoms with Gasteiger partial charge in [-0.25, -0.2) is 4.79 Å². The molecule has 20 heavy (non-hydrogen) atoms. The molecule has 1 aliphatic heterocycles. The van der Waals surface area contributed by atoms with E-state index in [1.807, 2.05) is 27.7 Å². The highest BCUT2D eigenvalue weighted by Crippen LogP contribution is 2.29. The summed E-state index contributed by atoms with van der Waals surface area (Å²) in [6, 6.07) is 0. The van der Waals surface area contributed by atoms with Gasteiger partial charge in [-0.15, -0.1) is 0 Å². The predicted molar refractivity (Wildman–Crippen MR) is 76.6 cm³/mol. The monoisotopic (exact) mass is 285 g/mol. The van der Waals surface area contributed by atoms with E-state index in [1.165, 1.54) is 0 Å². The molecule has 5 heteroatoms. The summed E-state index contributed by atoms with van der Waals surface area (Å²) in [4.78, 5) is 25.1. The van der Waals surface area contributed by atoms with Gasteiger partial charge in [0.15, 0.2) is 6.29 Å². The molecule has 0 aromatic rings. The van der Waals surface area contributed by atoms with Crippen LogP contribution in [0.5, 0.6) is 0 Å². The van der Waals surface area contributed by atoms with Crippen LogP contribution in [0, 0.1) is 5.92 Å². The molecular weight excluding hydrogens is 258 g/mol. The molecule has 0 saturated carbocycles. The first-order valence-electron chi connectivity index (χ1n) is 7.30. The van der Waals surface area contributed by atoms with Crippen molar-refractivity contribution < 1.29 is 19.1 Å². The maximum Gasteiger partial charge on any atom is 0.410 e. The molecule has 0 aliphatic carbocycles. The summed E-state index contributed by atoms with van der Waals surface area (Å²) in [6.07, 6.45) is 2.29. The minimum absolute atomic E-state index is 0.0150. The Morgan fingerprint density at radius 3 is 2.50 bits per heavy atom. The number of rotatable bonds is 4. The molecule has 0 aromatic carbocycles. The lowest BCUT2D eigenvalue weighted by Crippen LogP contribution is -2.51. The predicted octanol–water partition coefficient (Wildman–Crippen LogP) is 2.63. The quantitative estimate of drug-likeness (QED) is 0.745. The van der Waals surface area contributed by atoms with Gasteiger partial charge in [0.1, 0.15) is 11.2 Å². The van der Waals surface area contributed by atoms with Crippen LogP contribution in [0.1, 0.15) is 47.5 Å². The first kappa shape index (κ1) is 17.0. The summed E-state index contributed by atoms with van der Waals surface area (Å²) >= 11 is 0. The smallest absolute Gasteiger partial charge is 0.410 e. The van der Waals surface area contributed by atoms with Crippen molar-refractivity contribution in [3.63, 3.8) is 0 Å². The molecular formula is C15H27NO4. The van der Waals surface area contributed by atoms with Crippen LogP contribution in [0.15, 0.2) is 0 Å². The van der Waals surface area contributed by atoms with Crippen molar-refractivity contribution in [2.75, 3.05) is 19.7 Å². The summed E-state index contributed by atoms with van der Waals surface area (Å²) < 4.78 is 11.0. The number of carbonyl (C=O) groups excluding carboxylic acids is 2. The Morgan fingerprint density at radius 2 is 2.00 bits per heavy atom. The van der Waals surface area contributed by atoms with Crippen LogP contribution in [-0.4, -0.2) is 48.2 Å². The lowest BCUT2D eigenvalue weighted by atomic mass is 9.83. The standard InChI is InChI=1S/C15H27NO4/c1-6-19-15(5,11-17)12-8-7-9-16(10-12)13(18)20-14(2,3)4/h11-12H,6-10H2,1-5H3. The maximum absolute atomic E-state index is 12.1. The van der Waals surface area contributed by atoms with E-state index in [0.29, 0.717) is 19.7 Å². The molecule has 0 radical (unpaired) electrons. The summed E-state index contributed by atoms with van der Waals surface area (Å²) in [6.45, 7) is 10.9. The molecule has 1 heterocycles. The van der Waals surface area contributed by atoms with Gasteiger partial charge in [-0.1, -0.05) is 0 Å². The van der Waals surface area contributed by atoms with E-state index < -0.39 is 11.2 Å². The van der Waals surface area contributed by atoms with Gasteiger partial charge in [0.25, 0.3) is 0 Å². The number of carbonyl (C=O) groups is 2. The van der Waals surface area contributed by atoms with Crippen molar-refractivity contribution in [1.29, 1.82) is 0 Å². The second kappa shape index (κ2) is 6.57. The van der Waals surface area contributed by atoms with Crippen LogP contribution in [0.4, 0.5) is 4.79 Å². The normalized spacial score (nSPS) is 23.1. The molecule has 2 unspecified atom stereocenters. The Hall–Kier alpha value is -1.10. The highest BCUT2D eigenvalue weighted by atomic mass is 16.6. The Labute approximate surface area is 121 Å². The van der Waals surface area contributed by atoms with Gasteiger partial charge in [0.2, 0.25) is 0 Å². The number of amides is 1. The molecule has 1 aliphatic rings. The number of aldehydes is 1. The molecule has 0 bridgehead atoms. The van der Waals surface area contributed by atoms with Crippen molar-refractivity contribution >= 4 is 12.4 Å². The van der Waals surface area contributed by atoms with Crippen molar-refractivity contribution in [3.05, 3.63) is 0 Å². The molecule has 2 atom stereocenters. The topological polar surface area (TPSA) is 55.8 Å². The summed E-state index contributed by atoms with van der Waals surface area (Å²) in [7, 11) is 0. The molecule has 5 nitrogen and oxygen atoms in total. The van der Waals surface area contributed by atoms with Gasteiger partial charge >= 0.3 is 6.09 Å². The number of nitrogens with zero attached hydrogens (tertiary/aromatic N) is 1. The SMILES string of the molecule is CCOC(C)(C=O)C1CCCN(C(=O)OC(C)(C)C)C1. The first-order chi connectivity index (χ1) is 9.22. The number of piperidine rings is 1. The van der Waals surface area contributed by atoms with Gasteiger partial charge in [0.05, 0.1) is 0 Å². The summed E-state index contributed by atoms with van der Waals surface area (Å²) in [5.74, 6) is 0.0150. The van der Waals surface area contributed by atoms with Gasteiger partial charge in [-0.3, -0.25) is 0 Å². The van der Waals surface area contributed by atoms with E-state index in [2.05, 4.69) is 0 Å². The fourth-order valence-corrected chi connectivity index (χ4v) is 2.50. The average molecular weight is 285 g/mol. The highest BCUT2D eigenvalue weighted by Gasteiger charge is 2.39. The van der Waals surface area contributed by atoms with Crippen LogP contribution >= 0.6 is 0 Å². The van der Waals surface area contributed by atoms with Crippen LogP contribution in [0.3, 0.4) is 0 Å². The lowest BCUT2D eigenvalue weighted by Gasteiger charge is -2.40. The minimum atomic E-state index is -0.824. The first-order valence-corrected chi connectivity index (χ1v) is 7.30. The van der Waals surface area contributed by atoms with Crippen LogP contribution in [0.2, 0.25) is 0 Å². The molecule has 1 rings (SSSR count). The van der Waals surface area contributed by atoms with Gasteiger partial charge < -0.3 is 19.2 Å². The lowest BCUT2D eigenvalue weighted by molar-refractivity contribution is -0.139. The minimum Gasteiger partial charge on any atom is -0.444 e. The fraction of sp³-hybridized carbons (Fsp3) is 0.867. The van der Waals surface area contributed by atoms with E-state index in [1.54, 1.807) is 11.8 Å². The molecule has 0 spiro atoms. The van der Waals surface area contributed by atoms with Crippen LogP contribution < -0.4 is 0 Å². The zero-order valence-electron chi connectivity index (χ0n) is 13.3. The number of hydrogen-bond acceptors (Lipinski definition) is 4. The molecule has 1 amide bonds. The summed E-state index contributed by atoms with van der Waals surface area (Å²) in [5.41, 5.74) is -1.33. The number of likely N-dealkylation sites (tertiary alicyclic amines) is 1. The molecule has 0 aromatic heterocycles. The maximum atomic E-state index is 12.1. The summed E-state index contributed by atoms with van der Waals surface area (Å²) in [5, 5.41) is 0. The van der Waals surface area contributed by atoms with E-state index in [-0.39, 0.29) is 12.0 Å². The number of hydrogen-bond donors (Lipinski definition) is 0. The van der Waals surface area contributed by atoms with Crippen molar-refractivity contribution in [3.8, 4) is 0 Å². The second-order valence-electron chi connectivity index (χ2n) is 6.50. The Bertz CT molecular complexity index is 350. The van der Waals surface area contributed by atoms with E-state index >= 15 is 0 Å².